The Morgan fingerprint density at radius 1 is 1.05 bits per heavy atom. The lowest BCUT2D eigenvalue weighted by Gasteiger charge is -2.17. The third-order valence-corrected chi connectivity index (χ3v) is 3.03. The molecule has 1 saturated carbocycles. The molecule has 3 amide bonds. The van der Waals surface area contributed by atoms with Crippen LogP contribution in [0.2, 0.25) is 0 Å². The van der Waals surface area contributed by atoms with Crippen molar-refractivity contribution in [3.8, 4) is 0 Å². The molecule has 1 aliphatic rings. The first-order chi connectivity index (χ1) is 9.82. The summed E-state index contributed by atoms with van der Waals surface area (Å²) in [5, 5.41) is 8.48. The fourth-order valence-electron chi connectivity index (χ4n) is 1.90. The summed E-state index contributed by atoms with van der Waals surface area (Å²) in [6, 6.07) is 7.28. The first-order valence-corrected chi connectivity index (χ1v) is 7.29. The van der Waals surface area contributed by atoms with Crippen molar-refractivity contribution in [2.24, 2.45) is 5.41 Å². The van der Waals surface area contributed by atoms with Crippen LogP contribution in [0.3, 0.4) is 0 Å². The van der Waals surface area contributed by atoms with Gasteiger partial charge in [0.1, 0.15) is 0 Å². The highest BCUT2D eigenvalue weighted by molar-refractivity contribution is 5.92. The van der Waals surface area contributed by atoms with Crippen LogP contribution in [0.25, 0.3) is 0 Å². The van der Waals surface area contributed by atoms with Crippen molar-refractivity contribution >= 4 is 23.3 Å². The minimum atomic E-state index is -0.179. The third kappa shape index (κ3) is 5.85. The summed E-state index contributed by atoms with van der Waals surface area (Å²) >= 11 is 0. The van der Waals surface area contributed by atoms with Crippen LogP contribution in [-0.4, -0.2) is 18.0 Å². The van der Waals surface area contributed by atoms with Crippen LogP contribution in [0.1, 0.15) is 40.0 Å². The van der Waals surface area contributed by atoms with E-state index in [9.17, 15) is 9.59 Å². The molecule has 1 fully saturated rings. The van der Waals surface area contributed by atoms with Crippen molar-refractivity contribution in [2.75, 3.05) is 10.6 Å². The topological polar surface area (TPSA) is 70.2 Å². The number of amides is 3. The molecule has 0 atom stereocenters. The molecule has 114 valence electrons. The van der Waals surface area contributed by atoms with Crippen molar-refractivity contribution < 1.29 is 9.59 Å². The molecule has 0 aliphatic heterocycles. The van der Waals surface area contributed by atoms with Gasteiger partial charge in [-0.3, -0.25) is 4.79 Å². The first-order valence-electron chi connectivity index (χ1n) is 7.29. The average Bonchev–Trinajstić information content (AvgIpc) is 3.13. The quantitative estimate of drug-likeness (QED) is 0.795. The Hall–Kier alpha value is -2.04. The van der Waals surface area contributed by atoms with Gasteiger partial charge in [0.25, 0.3) is 0 Å². The monoisotopic (exact) mass is 289 g/mol. The summed E-state index contributed by atoms with van der Waals surface area (Å²) in [6.07, 6.45) is 2.59. The fourth-order valence-corrected chi connectivity index (χ4v) is 1.90. The molecule has 0 spiro atoms. The highest BCUT2D eigenvalue weighted by Crippen LogP contribution is 2.21. The summed E-state index contributed by atoms with van der Waals surface area (Å²) in [5.74, 6) is -0.00492. The second kappa shape index (κ2) is 6.16. The summed E-state index contributed by atoms with van der Waals surface area (Å²) in [7, 11) is 0. The molecule has 5 nitrogen and oxygen atoms in total. The molecule has 3 N–H and O–H groups in total. The van der Waals surface area contributed by atoms with Crippen molar-refractivity contribution in [1.29, 1.82) is 0 Å². The number of carbonyl (C=O) groups is 2. The van der Waals surface area contributed by atoms with Gasteiger partial charge in [0.05, 0.1) is 0 Å². The van der Waals surface area contributed by atoms with Crippen molar-refractivity contribution in [3.63, 3.8) is 0 Å². The normalized spacial score (nSPS) is 14.4. The number of benzene rings is 1. The zero-order valence-electron chi connectivity index (χ0n) is 12.8. The molecule has 0 heterocycles. The number of carbonyl (C=O) groups excluding carboxylic acids is 2. The molecule has 0 saturated heterocycles. The van der Waals surface area contributed by atoms with Crippen LogP contribution in [-0.2, 0) is 4.79 Å². The number of urea groups is 1. The molecule has 21 heavy (non-hydrogen) atoms. The average molecular weight is 289 g/mol. The molecular weight excluding hydrogens is 266 g/mol. The zero-order chi connectivity index (χ0) is 15.5. The van der Waals surface area contributed by atoms with Gasteiger partial charge in [-0.15, -0.1) is 0 Å². The van der Waals surface area contributed by atoms with Crippen molar-refractivity contribution in [3.05, 3.63) is 24.3 Å². The SMILES string of the molecule is CC(C)(C)CC(=O)Nc1ccc(NC(=O)NC2CC2)cc1. The maximum absolute atomic E-state index is 11.8. The highest BCUT2D eigenvalue weighted by Gasteiger charge is 2.23. The summed E-state index contributed by atoms with van der Waals surface area (Å²) in [6.45, 7) is 6.08. The zero-order valence-corrected chi connectivity index (χ0v) is 12.8. The Morgan fingerprint density at radius 2 is 1.57 bits per heavy atom. The Balaban J connectivity index is 1.83. The summed E-state index contributed by atoms with van der Waals surface area (Å²) < 4.78 is 0. The van der Waals surface area contributed by atoms with E-state index in [1.54, 1.807) is 24.3 Å². The van der Waals surface area contributed by atoms with Crippen LogP contribution in [0, 0.1) is 5.41 Å². The predicted octanol–water partition coefficient (Wildman–Crippen LogP) is 3.35. The lowest BCUT2D eigenvalue weighted by molar-refractivity contribution is -0.117. The molecule has 5 heteroatoms. The van der Waals surface area contributed by atoms with E-state index >= 15 is 0 Å². The van der Waals surface area contributed by atoms with Crippen LogP contribution in [0.4, 0.5) is 16.2 Å². The van der Waals surface area contributed by atoms with Gasteiger partial charge in [0.2, 0.25) is 5.91 Å². The molecule has 0 unspecified atom stereocenters. The fraction of sp³-hybridized carbons (Fsp3) is 0.500. The Bertz CT molecular complexity index is 513. The van der Waals surface area contributed by atoms with E-state index in [1.807, 2.05) is 20.8 Å². The number of hydrogen-bond donors (Lipinski definition) is 3. The van der Waals surface area contributed by atoms with E-state index < -0.39 is 0 Å². The van der Waals surface area contributed by atoms with Gasteiger partial charge in [0.15, 0.2) is 0 Å². The standard InChI is InChI=1S/C16H23N3O2/c1-16(2,3)10-14(20)17-11-4-6-12(7-5-11)18-15(21)19-13-8-9-13/h4-7,13H,8-10H2,1-3H3,(H,17,20)(H2,18,19,21). The van der Waals surface area contributed by atoms with Gasteiger partial charge in [0, 0.05) is 23.8 Å². The predicted molar refractivity (Wildman–Crippen MR) is 84.3 cm³/mol. The molecule has 0 bridgehead atoms. The minimum Gasteiger partial charge on any atom is -0.335 e. The van der Waals surface area contributed by atoms with E-state index in [-0.39, 0.29) is 17.4 Å². The van der Waals surface area contributed by atoms with Crippen LogP contribution >= 0.6 is 0 Å². The van der Waals surface area contributed by atoms with E-state index in [1.165, 1.54) is 0 Å². The van der Waals surface area contributed by atoms with Crippen molar-refractivity contribution in [1.82, 2.24) is 5.32 Å². The molecule has 2 rings (SSSR count). The highest BCUT2D eigenvalue weighted by atomic mass is 16.2. The second-order valence-electron chi connectivity index (χ2n) is 6.74. The molecule has 1 aliphatic carbocycles. The Kier molecular flexibility index (Phi) is 4.50. The van der Waals surface area contributed by atoms with Crippen LogP contribution < -0.4 is 16.0 Å². The smallest absolute Gasteiger partial charge is 0.319 e. The van der Waals surface area contributed by atoms with E-state index in [0.717, 1.165) is 18.5 Å². The summed E-state index contributed by atoms with van der Waals surface area (Å²) in [4.78, 5) is 23.4. The third-order valence-electron chi connectivity index (χ3n) is 3.03. The maximum atomic E-state index is 11.8. The molecule has 0 radical (unpaired) electrons. The van der Waals surface area contributed by atoms with Gasteiger partial charge in [-0.2, -0.15) is 0 Å². The Morgan fingerprint density at radius 3 is 2.05 bits per heavy atom. The van der Waals surface area contributed by atoms with E-state index in [2.05, 4.69) is 16.0 Å². The number of anilines is 2. The van der Waals surface area contributed by atoms with Gasteiger partial charge in [-0.1, -0.05) is 20.8 Å². The molecule has 1 aromatic carbocycles. The van der Waals surface area contributed by atoms with Gasteiger partial charge in [-0.05, 0) is 42.5 Å². The van der Waals surface area contributed by atoms with Crippen LogP contribution in [0.5, 0.6) is 0 Å². The van der Waals surface area contributed by atoms with Gasteiger partial charge >= 0.3 is 6.03 Å². The summed E-state index contributed by atoms with van der Waals surface area (Å²) in [5.41, 5.74) is 1.41. The van der Waals surface area contributed by atoms with Crippen molar-refractivity contribution in [2.45, 2.75) is 46.1 Å². The number of rotatable bonds is 4. The van der Waals surface area contributed by atoms with E-state index in [0.29, 0.717) is 18.2 Å². The molecule has 1 aromatic rings. The second-order valence-corrected chi connectivity index (χ2v) is 6.74. The number of nitrogens with one attached hydrogen (secondary N) is 3. The molecular formula is C16H23N3O2. The maximum Gasteiger partial charge on any atom is 0.319 e. The van der Waals surface area contributed by atoms with Crippen LogP contribution in [0.15, 0.2) is 24.3 Å². The van der Waals surface area contributed by atoms with E-state index in [4.69, 9.17) is 0 Å². The van der Waals surface area contributed by atoms with Gasteiger partial charge in [-0.25, -0.2) is 4.79 Å². The minimum absolute atomic E-state index is 0.00492. The first kappa shape index (κ1) is 15.4. The lowest BCUT2D eigenvalue weighted by Crippen LogP contribution is -2.30. The van der Waals surface area contributed by atoms with Gasteiger partial charge < -0.3 is 16.0 Å². The molecule has 0 aromatic heterocycles. The Labute approximate surface area is 125 Å². The lowest BCUT2D eigenvalue weighted by atomic mass is 9.92. The number of hydrogen-bond acceptors (Lipinski definition) is 2. The largest absolute Gasteiger partial charge is 0.335 e.